The molecule has 0 saturated heterocycles. The molecular formula is C12H21N3O. The van der Waals surface area contributed by atoms with Crippen molar-refractivity contribution in [2.75, 3.05) is 5.32 Å². The Morgan fingerprint density at radius 1 is 1.38 bits per heavy atom. The highest BCUT2D eigenvalue weighted by molar-refractivity contribution is 5.20. The number of rotatable bonds is 3. The van der Waals surface area contributed by atoms with E-state index in [4.69, 9.17) is 4.52 Å². The van der Waals surface area contributed by atoms with Crippen molar-refractivity contribution in [2.45, 2.75) is 58.4 Å². The average Bonchev–Trinajstić information content (AvgIpc) is 2.65. The second-order valence-electron chi connectivity index (χ2n) is 5.23. The lowest BCUT2D eigenvalue weighted by Crippen LogP contribution is -2.13. The Balaban J connectivity index is 2.00. The van der Waals surface area contributed by atoms with E-state index >= 15 is 0 Å². The number of aromatic nitrogens is 2. The Morgan fingerprint density at radius 3 is 2.88 bits per heavy atom. The molecule has 2 rings (SSSR count). The molecule has 0 aliphatic heterocycles. The maximum absolute atomic E-state index is 5.19. The van der Waals surface area contributed by atoms with Crippen LogP contribution < -0.4 is 5.32 Å². The van der Waals surface area contributed by atoms with Crippen molar-refractivity contribution >= 4 is 6.01 Å². The van der Waals surface area contributed by atoms with Crippen LogP contribution in [0.3, 0.4) is 0 Å². The van der Waals surface area contributed by atoms with Crippen LogP contribution in [-0.2, 0) is 0 Å². The van der Waals surface area contributed by atoms with Crippen molar-refractivity contribution < 1.29 is 4.52 Å². The first-order chi connectivity index (χ1) is 7.65. The van der Waals surface area contributed by atoms with Crippen LogP contribution in [0.2, 0.25) is 0 Å². The molecule has 4 heteroatoms. The molecule has 2 atom stereocenters. The largest absolute Gasteiger partial charge is 0.336 e. The van der Waals surface area contributed by atoms with Crippen LogP contribution in [0.15, 0.2) is 4.52 Å². The zero-order chi connectivity index (χ0) is 11.5. The summed E-state index contributed by atoms with van der Waals surface area (Å²) in [5.41, 5.74) is 0. The minimum absolute atomic E-state index is 0.332. The number of anilines is 1. The van der Waals surface area contributed by atoms with E-state index in [1.54, 1.807) is 0 Å². The Kier molecular flexibility index (Phi) is 3.46. The summed E-state index contributed by atoms with van der Waals surface area (Å²) < 4.78 is 5.19. The molecule has 1 aliphatic rings. The fourth-order valence-electron chi connectivity index (χ4n) is 2.37. The summed E-state index contributed by atoms with van der Waals surface area (Å²) in [5.74, 6) is 2.17. The Bertz CT molecular complexity index is 335. The molecule has 4 nitrogen and oxygen atoms in total. The van der Waals surface area contributed by atoms with Crippen LogP contribution in [0, 0.1) is 5.92 Å². The average molecular weight is 223 g/mol. The first kappa shape index (κ1) is 11.4. The van der Waals surface area contributed by atoms with Gasteiger partial charge in [-0.1, -0.05) is 24.9 Å². The van der Waals surface area contributed by atoms with Crippen LogP contribution in [-0.4, -0.2) is 16.2 Å². The van der Waals surface area contributed by atoms with Gasteiger partial charge in [-0.3, -0.25) is 0 Å². The fraction of sp³-hybridized carbons (Fsp3) is 0.833. The molecule has 2 unspecified atom stereocenters. The van der Waals surface area contributed by atoms with Gasteiger partial charge in [-0.05, 0) is 32.6 Å². The Hall–Kier alpha value is -1.06. The normalized spacial score (nSPS) is 26.0. The molecule has 0 radical (unpaired) electrons. The van der Waals surface area contributed by atoms with Gasteiger partial charge >= 0.3 is 6.01 Å². The molecule has 1 fully saturated rings. The molecule has 90 valence electrons. The van der Waals surface area contributed by atoms with Crippen molar-refractivity contribution in [1.29, 1.82) is 0 Å². The zero-order valence-electron chi connectivity index (χ0n) is 10.4. The molecule has 0 amide bonds. The van der Waals surface area contributed by atoms with Crippen LogP contribution in [0.25, 0.3) is 0 Å². The third-order valence-electron chi connectivity index (χ3n) is 3.16. The van der Waals surface area contributed by atoms with E-state index in [-0.39, 0.29) is 0 Å². The second kappa shape index (κ2) is 4.85. The van der Waals surface area contributed by atoms with Crippen molar-refractivity contribution in [3.05, 3.63) is 5.82 Å². The third-order valence-corrected chi connectivity index (χ3v) is 3.16. The molecule has 1 aromatic heterocycles. The van der Waals surface area contributed by atoms with Crippen LogP contribution in [0.5, 0.6) is 0 Å². The number of hydrogen-bond acceptors (Lipinski definition) is 4. The van der Waals surface area contributed by atoms with Crippen molar-refractivity contribution in [3.8, 4) is 0 Å². The van der Waals surface area contributed by atoms with E-state index in [9.17, 15) is 0 Å². The van der Waals surface area contributed by atoms with Gasteiger partial charge in [-0.25, -0.2) is 0 Å². The van der Waals surface area contributed by atoms with Gasteiger partial charge in [0.25, 0.3) is 0 Å². The van der Waals surface area contributed by atoms with Crippen LogP contribution in [0.4, 0.5) is 6.01 Å². The maximum atomic E-state index is 5.19. The minimum atomic E-state index is 0.332. The highest BCUT2D eigenvalue weighted by atomic mass is 16.5. The topological polar surface area (TPSA) is 51.0 Å². The Labute approximate surface area is 96.8 Å². The molecule has 0 bridgehead atoms. The van der Waals surface area contributed by atoms with Gasteiger partial charge in [0, 0.05) is 12.0 Å². The van der Waals surface area contributed by atoms with Gasteiger partial charge in [0.1, 0.15) is 0 Å². The van der Waals surface area contributed by atoms with E-state index in [1.807, 2.05) is 0 Å². The minimum Gasteiger partial charge on any atom is -0.336 e. The summed E-state index contributed by atoms with van der Waals surface area (Å²) in [6.07, 6.45) is 5.02. The molecule has 1 saturated carbocycles. The zero-order valence-corrected chi connectivity index (χ0v) is 10.4. The van der Waals surface area contributed by atoms with E-state index in [0.29, 0.717) is 18.0 Å². The number of nitrogens with one attached hydrogen (secondary N) is 1. The Morgan fingerprint density at radius 2 is 2.19 bits per heavy atom. The molecule has 16 heavy (non-hydrogen) atoms. The van der Waals surface area contributed by atoms with Gasteiger partial charge in [-0.2, -0.15) is 4.98 Å². The summed E-state index contributed by atoms with van der Waals surface area (Å²) in [5, 5.41) is 7.21. The van der Waals surface area contributed by atoms with Gasteiger partial charge in [0.15, 0.2) is 5.82 Å². The van der Waals surface area contributed by atoms with Crippen LogP contribution in [0.1, 0.15) is 58.2 Å². The molecule has 0 spiro atoms. The van der Waals surface area contributed by atoms with E-state index in [2.05, 4.69) is 36.2 Å². The fourth-order valence-corrected chi connectivity index (χ4v) is 2.37. The quantitative estimate of drug-likeness (QED) is 0.855. The number of nitrogens with zero attached hydrogens (tertiary/aromatic N) is 2. The van der Waals surface area contributed by atoms with Gasteiger partial charge < -0.3 is 9.84 Å². The molecule has 1 aromatic rings. The predicted octanol–water partition coefficient (Wildman–Crippen LogP) is 3.18. The monoisotopic (exact) mass is 223 g/mol. The molecule has 1 N–H and O–H groups in total. The first-order valence-corrected chi connectivity index (χ1v) is 6.25. The molecule has 1 heterocycles. The SMILES string of the molecule is CC1CCCC(c2noc(NC(C)C)n2)C1. The van der Waals surface area contributed by atoms with E-state index in [1.165, 1.54) is 25.7 Å². The van der Waals surface area contributed by atoms with E-state index < -0.39 is 0 Å². The van der Waals surface area contributed by atoms with E-state index in [0.717, 1.165) is 11.7 Å². The smallest absolute Gasteiger partial charge is 0.321 e. The molecule has 0 aromatic carbocycles. The second-order valence-corrected chi connectivity index (χ2v) is 5.23. The lowest BCUT2D eigenvalue weighted by molar-refractivity contribution is 0.324. The van der Waals surface area contributed by atoms with Gasteiger partial charge in [0.2, 0.25) is 0 Å². The van der Waals surface area contributed by atoms with Gasteiger partial charge in [-0.15, -0.1) is 0 Å². The highest BCUT2D eigenvalue weighted by Gasteiger charge is 2.24. The molecular weight excluding hydrogens is 202 g/mol. The van der Waals surface area contributed by atoms with Crippen molar-refractivity contribution in [1.82, 2.24) is 10.1 Å². The van der Waals surface area contributed by atoms with Crippen molar-refractivity contribution in [3.63, 3.8) is 0 Å². The maximum Gasteiger partial charge on any atom is 0.321 e. The summed E-state index contributed by atoms with van der Waals surface area (Å²) in [6.45, 7) is 6.43. The third kappa shape index (κ3) is 2.74. The van der Waals surface area contributed by atoms with Crippen molar-refractivity contribution in [2.24, 2.45) is 5.92 Å². The summed E-state index contributed by atoms with van der Waals surface area (Å²) in [4.78, 5) is 4.42. The standard InChI is InChI=1S/C12H21N3O/c1-8(2)13-12-14-11(15-16-12)10-6-4-5-9(3)7-10/h8-10H,4-7H2,1-3H3,(H,13,14,15). The lowest BCUT2D eigenvalue weighted by Gasteiger charge is -2.23. The lowest BCUT2D eigenvalue weighted by atomic mass is 9.82. The summed E-state index contributed by atoms with van der Waals surface area (Å²) in [6, 6.07) is 0.891. The summed E-state index contributed by atoms with van der Waals surface area (Å²) >= 11 is 0. The van der Waals surface area contributed by atoms with Crippen LogP contribution >= 0.6 is 0 Å². The summed E-state index contributed by atoms with van der Waals surface area (Å²) in [7, 11) is 0. The predicted molar refractivity (Wildman–Crippen MR) is 63.4 cm³/mol. The molecule has 1 aliphatic carbocycles. The highest BCUT2D eigenvalue weighted by Crippen LogP contribution is 2.34. The first-order valence-electron chi connectivity index (χ1n) is 6.25. The van der Waals surface area contributed by atoms with Gasteiger partial charge in [0.05, 0.1) is 0 Å². The number of hydrogen-bond donors (Lipinski definition) is 1.